The fourth-order valence-corrected chi connectivity index (χ4v) is 3.64. The highest BCUT2D eigenvalue weighted by Gasteiger charge is 2.13. The number of aromatic hydroxyl groups is 1. The minimum Gasteiger partial charge on any atom is -0.508 e. The molecule has 0 unspecified atom stereocenters. The topological polar surface area (TPSA) is 111 Å². The third-order valence-electron chi connectivity index (χ3n) is 5.17. The Morgan fingerprint density at radius 1 is 1.10 bits per heavy atom. The van der Waals surface area contributed by atoms with Crippen molar-refractivity contribution < 1.29 is 14.6 Å². The van der Waals surface area contributed by atoms with Gasteiger partial charge in [0.15, 0.2) is 5.65 Å². The number of phenolic OH excluding ortho intramolecular Hbond substituents is 1. The van der Waals surface area contributed by atoms with Gasteiger partial charge in [0.2, 0.25) is 0 Å². The molecule has 4 N–H and O–H groups in total. The van der Waals surface area contributed by atoms with Crippen molar-refractivity contribution in [3.05, 3.63) is 72.1 Å². The standard InChI is InChI=1S/C22H19FN6O2/c23-16-5-14(8-24-11-16)20-7-21(29-22(28-20)15(12-30)10-27-29)25-4-3-13-9-26-19-2-1-17(31)6-18(13)19/h1-2,5-11,25-26,30-31H,3-4,12H2. The van der Waals surface area contributed by atoms with E-state index in [1.54, 1.807) is 35.1 Å². The summed E-state index contributed by atoms with van der Waals surface area (Å²) in [4.78, 5) is 11.7. The Morgan fingerprint density at radius 3 is 2.84 bits per heavy atom. The van der Waals surface area contributed by atoms with E-state index in [9.17, 15) is 14.6 Å². The van der Waals surface area contributed by atoms with Crippen LogP contribution in [0.4, 0.5) is 10.2 Å². The molecule has 0 saturated heterocycles. The van der Waals surface area contributed by atoms with E-state index in [0.717, 1.165) is 22.7 Å². The molecule has 4 heterocycles. The maximum Gasteiger partial charge on any atom is 0.163 e. The summed E-state index contributed by atoms with van der Waals surface area (Å²) in [5, 5.41) is 28.1. The predicted octanol–water partition coefficient (Wildman–Crippen LogP) is 3.26. The molecule has 0 spiro atoms. The van der Waals surface area contributed by atoms with Crippen molar-refractivity contribution >= 4 is 22.4 Å². The minimum atomic E-state index is -0.452. The molecule has 5 rings (SSSR count). The number of hydrogen-bond donors (Lipinski definition) is 4. The van der Waals surface area contributed by atoms with Crippen molar-refractivity contribution in [2.45, 2.75) is 13.0 Å². The summed E-state index contributed by atoms with van der Waals surface area (Å²) in [5.74, 6) is 0.428. The number of aromatic amines is 1. The van der Waals surface area contributed by atoms with Crippen LogP contribution < -0.4 is 5.32 Å². The van der Waals surface area contributed by atoms with Gasteiger partial charge in [-0.2, -0.15) is 9.61 Å². The minimum absolute atomic E-state index is 0.209. The van der Waals surface area contributed by atoms with Crippen LogP contribution in [0, 0.1) is 5.82 Å². The van der Waals surface area contributed by atoms with Crippen molar-refractivity contribution in [1.82, 2.24) is 24.6 Å². The van der Waals surface area contributed by atoms with E-state index in [2.05, 4.69) is 25.4 Å². The molecule has 5 aromatic rings. The number of rotatable bonds is 6. The van der Waals surface area contributed by atoms with Crippen molar-refractivity contribution in [3.8, 4) is 17.0 Å². The molecular formula is C22H19FN6O2. The van der Waals surface area contributed by atoms with Gasteiger partial charge in [-0.15, -0.1) is 0 Å². The second kappa shape index (κ2) is 7.69. The van der Waals surface area contributed by atoms with Gasteiger partial charge in [0.05, 0.1) is 24.7 Å². The summed E-state index contributed by atoms with van der Waals surface area (Å²) in [5.41, 5.74) is 4.14. The molecule has 4 aromatic heterocycles. The number of nitrogens with zero attached hydrogens (tertiary/aromatic N) is 4. The number of aromatic nitrogens is 5. The highest BCUT2D eigenvalue weighted by atomic mass is 19.1. The van der Waals surface area contributed by atoms with Crippen LogP contribution in [0.25, 0.3) is 27.8 Å². The molecule has 31 heavy (non-hydrogen) atoms. The molecule has 0 bridgehead atoms. The molecule has 0 fully saturated rings. The van der Waals surface area contributed by atoms with Gasteiger partial charge in [-0.3, -0.25) is 4.98 Å². The first-order chi connectivity index (χ1) is 15.1. The number of pyridine rings is 1. The quantitative estimate of drug-likeness (QED) is 0.337. The lowest BCUT2D eigenvalue weighted by Crippen LogP contribution is -2.10. The zero-order valence-corrected chi connectivity index (χ0v) is 16.4. The number of benzene rings is 1. The number of halogens is 1. The molecule has 1 aromatic carbocycles. The molecule has 0 saturated carbocycles. The average Bonchev–Trinajstić information content (AvgIpc) is 3.37. The van der Waals surface area contributed by atoms with E-state index in [0.29, 0.717) is 41.3 Å². The SMILES string of the molecule is OCc1cnn2c(NCCc3c[nH]c4ccc(O)cc34)cc(-c3cncc(F)c3)nc12. The number of phenols is 1. The Morgan fingerprint density at radius 2 is 2.00 bits per heavy atom. The monoisotopic (exact) mass is 418 g/mol. The number of aliphatic hydroxyl groups excluding tert-OH is 1. The van der Waals surface area contributed by atoms with Gasteiger partial charge < -0.3 is 20.5 Å². The van der Waals surface area contributed by atoms with E-state index in [-0.39, 0.29) is 12.4 Å². The van der Waals surface area contributed by atoms with Gasteiger partial charge in [-0.25, -0.2) is 9.37 Å². The van der Waals surface area contributed by atoms with Crippen molar-refractivity contribution in [2.75, 3.05) is 11.9 Å². The largest absolute Gasteiger partial charge is 0.508 e. The molecule has 156 valence electrons. The summed E-state index contributed by atoms with van der Waals surface area (Å²) in [6.07, 6.45) is 6.86. The molecule has 0 radical (unpaired) electrons. The van der Waals surface area contributed by atoms with Crippen molar-refractivity contribution in [3.63, 3.8) is 0 Å². The normalized spacial score (nSPS) is 11.4. The molecule has 0 aliphatic carbocycles. The van der Waals surface area contributed by atoms with Gasteiger partial charge in [0, 0.05) is 47.0 Å². The van der Waals surface area contributed by atoms with Crippen LogP contribution in [-0.2, 0) is 13.0 Å². The van der Waals surface area contributed by atoms with E-state index in [4.69, 9.17) is 0 Å². The average molecular weight is 418 g/mol. The van der Waals surface area contributed by atoms with Crippen LogP contribution in [0.1, 0.15) is 11.1 Å². The summed E-state index contributed by atoms with van der Waals surface area (Å²) in [6, 6.07) is 8.37. The third kappa shape index (κ3) is 3.55. The maximum absolute atomic E-state index is 13.7. The summed E-state index contributed by atoms with van der Waals surface area (Å²) in [6.45, 7) is 0.372. The Bertz CT molecular complexity index is 1390. The Kier molecular flexibility index (Phi) is 4.72. The molecular weight excluding hydrogens is 399 g/mol. The predicted molar refractivity (Wildman–Crippen MR) is 114 cm³/mol. The van der Waals surface area contributed by atoms with Crippen LogP contribution in [-0.4, -0.2) is 41.3 Å². The second-order valence-corrected chi connectivity index (χ2v) is 7.20. The fraction of sp³-hybridized carbons (Fsp3) is 0.136. The zero-order valence-electron chi connectivity index (χ0n) is 16.4. The lowest BCUT2D eigenvalue weighted by Gasteiger charge is -2.11. The molecule has 0 aliphatic rings. The summed E-state index contributed by atoms with van der Waals surface area (Å²) in [7, 11) is 0. The van der Waals surface area contributed by atoms with Crippen LogP contribution in [0.3, 0.4) is 0 Å². The zero-order chi connectivity index (χ0) is 21.4. The Labute approximate surface area is 176 Å². The molecule has 0 atom stereocenters. The number of anilines is 1. The van der Waals surface area contributed by atoms with Crippen LogP contribution >= 0.6 is 0 Å². The van der Waals surface area contributed by atoms with Crippen molar-refractivity contribution in [1.29, 1.82) is 0 Å². The molecule has 9 heteroatoms. The summed E-state index contributed by atoms with van der Waals surface area (Å²) >= 11 is 0. The van der Waals surface area contributed by atoms with Crippen LogP contribution in [0.2, 0.25) is 0 Å². The highest BCUT2D eigenvalue weighted by Crippen LogP contribution is 2.25. The van der Waals surface area contributed by atoms with Gasteiger partial charge in [0.25, 0.3) is 0 Å². The van der Waals surface area contributed by atoms with E-state index < -0.39 is 5.82 Å². The molecule has 8 nitrogen and oxygen atoms in total. The first-order valence-corrected chi connectivity index (χ1v) is 9.74. The van der Waals surface area contributed by atoms with E-state index >= 15 is 0 Å². The molecule has 0 amide bonds. The first-order valence-electron chi connectivity index (χ1n) is 9.74. The molecule has 0 aliphatic heterocycles. The summed E-state index contributed by atoms with van der Waals surface area (Å²) < 4.78 is 15.3. The number of aliphatic hydroxyl groups is 1. The maximum atomic E-state index is 13.7. The Hall–Kier alpha value is -3.98. The number of H-pyrrole nitrogens is 1. The number of hydrogen-bond acceptors (Lipinski definition) is 6. The van der Waals surface area contributed by atoms with Gasteiger partial charge >= 0.3 is 0 Å². The lowest BCUT2D eigenvalue weighted by molar-refractivity contribution is 0.283. The third-order valence-corrected chi connectivity index (χ3v) is 5.17. The van der Waals surface area contributed by atoms with E-state index in [1.807, 2.05) is 12.3 Å². The number of nitrogens with one attached hydrogen (secondary N) is 2. The lowest BCUT2D eigenvalue weighted by atomic mass is 10.1. The number of fused-ring (bicyclic) bond motifs is 2. The van der Waals surface area contributed by atoms with Crippen LogP contribution in [0.5, 0.6) is 5.75 Å². The van der Waals surface area contributed by atoms with Gasteiger partial charge in [-0.05, 0) is 36.2 Å². The Balaban J connectivity index is 1.47. The van der Waals surface area contributed by atoms with Gasteiger partial charge in [0.1, 0.15) is 17.4 Å². The van der Waals surface area contributed by atoms with Crippen molar-refractivity contribution in [2.24, 2.45) is 0 Å². The van der Waals surface area contributed by atoms with Gasteiger partial charge in [-0.1, -0.05) is 0 Å². The highest BCUT2D eigenvalue weighted by molar-refractivity contribution is 5.84. The van der Waals surface area contributed by atoms with Crippen LogP contribution in [0.15, 0.2) is 55.1 Å². The fourth-order valence-electron chi connectivity index (χ4n) is 3.64. The smallest absolute Gasteiger partial charge is 0.163 e. The second-order valence-electron chi connectivity index (χ2n) is 7.20. The van der Waals surface area contributed by atoms with E-state index in [1.165, 1.54) is 6.07 Å². The first kappa shape index (κ1) is 19.0.